The fourth-order valence-electron chi connectivity index (χ4n) is 15.6. The predicted molar refractivity (Wildman–Crippen MR) is 183 cm³/mol. The van der Waals surface area contributed by atoms with E-state index in [9.17, 15) is 0 Å². The highest BCUT2D eigenvalue weighted by atomic mass is 16.5. The molecule has 9 aliphatic heterocycles. The van der Waals surface area contributed by atoms with Gasteiger partial charge in [-0.05, 0) is 93.3 Å². The van der Waals surface area contributed by atoms with Gasteiger partial charge in [0.15, 0.2) is 0 Å². The normalized spacial score (nSPS) is 46.7. The van der Waals surface area contributed by atoms with E-state index in [0.29, 0.717) is 18.2 Å². The number of benzene rings is 2. The second kappa shape index (κ2) is 8.37. The molecule has 6 saturated heterocycles. The summed E-state index contributed by atoms with van der Waals surface area (Å²) < 4.78 is 20.3. The third-order valence-electron chi connectivity index (χ3n) is 16.4. The van der Waals surface area contributed by atoms with Crippen molar-refractivity contribution >= 4 is 11.4 Å². The van der Waals surface area contributed by atoms with Gasteiger partial charge in [-0.15, -0.1) is 0 Å². The van der Waals surface area contributed by atoms with Crippen molar-refractivity contribution in [3.63, 3.8) is 0 Å². The van der Waals surface area contributed by atoms with Crippen molar-refractivity contribution in [3.8, 4) is 5.75 Å². The molecule has 13 rings (SSSR count). The molecule has 1 N–H and O–H groups in total. The van der Waals surface area contributed by atoms with Gasteiger partial charge in [0.1, 0.15) is 5.75 Å². The lowest BCUT2D eigenvalue weighted by Crippen LogP contribution is -2.72. The van der Waals surface area contributed by atoms with Gasteiger partial charge in [0.25, 0.3) is 0 Å². The SMILES string of the molecule is COc1cccc2c1N1CC3(CC4=C1C21CCN2CCC5OCCC5(C4)C21)CN1CCC24C(=CCC5(CCOC35)C12)Nc1ccccc14. The van der Waals surface area contributed by atoms with Crippen LogP contribution >= 0.6 is 0 Å². The van der Waals surface area contributed by atoms with Crippen molar-refractivity contribution in [3.05, 3.63) is 76.6 Å². The van der Waals surface area contributed by atoms with Crippen molar-refractivity contribution in [2.75, 3.05) is 63.3 Å². The zero-order valence-corrected chi connectivity index (χ0v) is 28.1. The number of nitrogens with zero attached hydrogens (tertiary/aromatic N) is 3. The van der Waals surface area contributed by atoms with E-state index in [1.54, 1.807) is 16.8 Å². The Hall–Kier alpha value is -2.84. The molecule has 2 aromatic rings. The zero-order valence-electron chi connectivity index (χ0n) is 28.1. The van der Waals surface area contributed by atoms with Crippen LogP contribution < -0.4 is 15.0 Å². The number of rotatable bonds is 1. The van der Waals surface area contributed by atoms with Gasteiger partial charge in [-0.1, -0.05) is 36.4 Å². The van der Waals surface area contributed by atoms with Crippen molar-refractivity contribution in [2.45, 2.75) is 86.5 Å². The van der Waals surface area contributed by atoms with Crippen molar-refractivity contribution in [2.24, 2.45) is 16.2 Å². The third kappa shape index (κ3) is 2.62. The van der Waals surface area contributed by atoms with Crippen LogP contribution in [-0.2, 0) is 20.3 Å². The first-order valence-electron chi connectivity index (χ1n) is 19.0. The fraction of sp³-hybridized carbons (Fsp3) is 0.610. The average molecular weight is 643 g/mol. The van der Waals surface area contributed by atoms with Crippen LogP contribution in [0.4, 0.5) is 11.4 Å². The molecule has 5 spiro atoms. The Labute approximate surface area is 283 Å². The smallest absolute Gasteiger partial charge is 0.142 e. The summed E-state index contributed by atoms with van der Waals surface area (Å²) in [5, 5.41) is 3.93. The quantitative estimate of drug-likeness (QED) is 0.437. The Morgan fingerprint density at radius 2 is 1.65 bits per heavy atom. The van der Waals surface area contributed by atoms with Gasteiger partial charge in [-0.2, -0.15) is 0 Å². The minimum Gasteiger partial charge on any atom is -0.495 e. The zero-order chi connectivity index (χ0) is 31.3. The number of allylic oxidation sites excluding steroid dienone is 2. The van der Waals surface area contributed by atoms with Crippen LogP contribution in [0.5, 0.6) is 5.75 Å². The summed E-state index contributed by atoms with van der Waals surface area (Å²) in [4.78, 5) is 8.74. The van der Waals surface area contributed by atoms with E-state index in [1.807, 2.05) is 7.11 Å². The Balaban J connectivity index is 1.02. The van der Waals surface area contributed by atoms with E-state index in [2.05, 4.69) is 68.6 Å². The molecule has 9 unspecified atom stereocenters. The molecule has 6 fully saturated rings. The van der Waals surface area contributed by atoms with Crippen LogP contribution in [0.1, 0.15) is 62.5 Å². The maximum Gasteiger partial charge on any atom is 0.142 e. The Morgan fingerprint density at radius 1 is 0.812 bits per heavy atom. The highest BCUT2D eigenvalue weighted by Gasteiger charge is 2.76. The molecule has 7 nitrogen and oxygen atoms in total. The number of hydrogen-bond donors (Lipinski definition) is 1. The summed E-state index contributed by atoms with van der Waals surface area (Å²) in [6.45, 7) is 7.50. The number of methoxy groups -OCH3 is 1. The van der Waals surface area contributed by atoms with Crippen LogP contribution in [0.15, 0.2) is 65.5 Å². The first-order valence-corrected chi connectivity index (χ1v) is 19.0. The van der Waals surface area contributed by atoms with E-state index < -0.39 is 0 Å². The molecule has 0 saturated carbocycles. The predicted octanol–water partition coefficient (Wildman–Crippen LogP) is 5.57. The summed E-state index contributed by atoms with van der Waals surface area (Å²) in [5.74, 6) is 1.05. The van der Waals surface area contributed by atoms with Gasteiger partial charge in [0, 0.05) is 78.3 Å². The molecule has 11 aliphatic rings. The lowest BCUT2D eigenvalue weighted by atomic mass is 9.48. The average Bonchev–Trinajstić information content (AvgIpc) is 3.95. The lowest BCUT2D eigenvalue weighted by molar-refractivity contribution is -0.145. The molecule has 2 aromatic carbocycles. The largest absolute Gasteiger partial charge is 0.495 e. The molecule has 2 aliphatic carbocycles. The molecular formula is C41H46N4O3. The fourth-order valence-corrected chi connectivity index (χ4v) is 15.6. The van der Waals surface area contributed by atoms with Gasteiger partial charge in [-0.25, -0.2) is 0 Å². The van der Waals surface area contributed by atoms with Crippen molar-refractivity contribution in [1.29, 1.82) is 0 Å². The van der Waals surface area contributed by atoms with Gasteiger partial charge >= 0.3 is 0 Å². The summed E-state index contributed by atoms with van der Waals surface area (Å²) in [6.07, 6.45) is 12.7. The van der Waals surface area contributed by atoms with Crippen molar-refractivity contribution < 1.29 is 14.2 Å². The minimum atomic E-state index is 0.0311. The number of anilines is 2. The summed E-state index contributed by atoms with van der Waals surface area (Å²) in [7, 11) is 1.89. The highest BCUT2D eigenvalue weighted by molar-refractivity contribution is 5.80. The second-order valence-corrected chi connectivity index (χ2v) is 17.7. The highest BCUT2D eigenvalue weighted by Crippen LogP contribution is 2.74. The monoisotopic (exact) mass is 642 g/mol. The standard InChI is InChI=1S/C41H46N4O3/c1-46-29-8-4-6-27-32(29)45-24-37(21-25-22-39-15-19-47-31(39)10-16-43-17-13-41(27,33(25)45)35(39)43)23-44-18-12-40-26-5-2-3-7-28(26)42-30(40)9-11-38(34(40)44)14-20-48-36(37)38/h2-9,31,34-36,42H,10-24H2,1H3. The lowest BCUT2D eigenvalue weighted by Gasteiger charge is -2.65. The van der Waals surface area contributed by atoms with E-state index in [0.717, 1.165) is 38.5 Å². The van der Waals surface area contributed by atoms with E-state index >= 15 is 0 Å². The summed E-state index contributed by atoms with van der Waals surface area (Å²) in [5.41, 5.74) is 11.1. The molecule has 9 atom stereocenters. The second-order valence-electron chi connectivity index (χ2n) is 17.7. The summed E-state index contributed by atoms with van der Waals surface area (Å²) >= 11 is 0. The molecule has 9 heterocycles. The van der Waals surface area contributed by atoms with Gasteiger partial charge in [-0.3, -0.25) is 9.80 Å². The minimum absolute atomic E-state index is 0.0311. The maximum atomic E-state index is 7.26. The Bertz CT molecular complexity index is 1910. The molecule has 48 heavy (non-hydrogen) atoms. The van der Waals surface area contributed by atoms with E-state index in [4.69, 9.17) is 14.2 Å². The first-order chi connectivity index (χ1) is 23.6. The molecule has 248 valence electrons. The first kappa shape index (κ1) is 27.0. The Kier molecular flexibility index (Phi) is 4.70. The Morgan fingerprint density at radius 3 is 2.60 bits per heavy atom. The van der Waals surface area contributed by atoms with Crippen molar-refractivity contribution in [1.82, 2.24) is 9.80 Å². The number of hydrogen-bond acceptors (Lipinski definition) is 7. The van der Waals surface area contributed by atoms with Gasteiger partial charge < -0.3 is 24.4 Å². The van der Waals surface area contributed by atoms with E-state index in [1.165, 1.54) is 87.2 Å². The summed E-state index contributed by atoms with van der Waals surface area (Å²) in [6, 6.07) is 17.2. The number of para-hydroxylation sites is 2. The van der Waals surface area contributed by atoms with Gasteiger partial charge in [0.05, 0.1) is 35.8 Å². The van der Waals surface area contributed by atoms with Crippen LogP contribution in [0.3, 0.4) is 0 Å². The van der Waals surface area contributed by atoms with E-state index in [-0.39, 0.29) is 33.2 Å². The number of piperidine rings is 2. The number of ether oxygens (including phenoxy) is 3. The van der Waals surface area contributed by atoms with Crippen LogP contribution in [0.2, 0.25) is 0 Å². The molecular weight excluding hydrogens is 596 g/mol. The molecule has 0 aromatic heterocycles. The molecule has 0 bridgehead atoms. The third-order valence-corrected chi connectivity index (χ3v) is 16.4. The molecule has 0 amide bonds. The number of nitrogens with one attached hydrogen (secondary N) is 1. The van der Waals surface area contributed by atoms with Crippen LogP contribution in [0, 0.1) is 16.2 Å². The van der Waals surface area contributed by atoms with Crippen LogP contribution in [-0.4, -0.2) is 87.1 Å². The van der Waals surface area contributed by atoms with Gasteiger partial charge in [0.2, 0.25) is 0 Å². The molecule has 0 radical (unpaired) electrons. The maximum absolute atomic E-state index is 7.26. The van der Waals surface area contributed by atoms with Crippen LogP contribution in [0.25, 0.3) is 0 Å². The topological polar surface area (TPSA) is 49.4 Å². The molecule has 7 heteroatoms. The number of fused-ring (bicyclic) bond motifs is 4.